The number of hydrogen-bond donors (Lipinski definition) is 2. The summed E-state index contributed by atoms with van der Waals surface area (Å²) >= 11 is 0. The van der Waals surface area contributed by atoms with Gasteiger partial charge in [0, 0.05) is 107 Å². The van der Waals surface area contributed by atoms with Gasteiger partial charge in [-0.25, -0.2) is 0 Å². The van der Waals surface area contributed by atoms with Gasteiger partial charge in [-0.1, -0.05) is 60.7 Å². The number of carbonyl (C=O) groups excluding carboxylic acids is 4. The largest absolute Gasteiger partial charge is 0.379 e. The number of hydrogen-bond acceptors (Lipinski definition) is 10. The van der Waals surface area contributed by atoms with E-state index in [9.17, 15) is 19.2 Å². The first kappa shape index (κ1) is 51.4. The molecule has 2 aliphatic carbocycles. The fourth-order valence-corrected chi connectivity index (χ4v) is 12.6. The molecule has 4 amide bonds. The van der Waals surface area contributed by atoms with E-state index in [1.54, 1.807) is 4.90 Å². The summed E-state index contributed by atoms with van der Waals surface area (Å²) in [5.41, 5.74) is 3.05. The van der Waals surface area contributed by atoms with Crippen molar-refractivity contribution in [3.8, 4) is 0 Å². The highest BCUT2D eigenvalue weighted by Crippen LogP contribution is 2.39. The summed E-state index contributed by atoms with van der Waals surface area (Å²) in [6.07, 6.45) is 16.3. The minimum absolute atomic E-state index is 0.00135. The Labute approximate surface area is 412 Å². The lowest BCUT2D eigenvalue weighted by Crippen LogP contribution is -2.58. The van der Waals surface area contributed by atoms with E-state index >= 15 is 0 Å². The Morgan fingerprint density at radius 2 is 0.928 bits per heavy atom. The van der Waals surface area contributed by atoms with Crippen LogP contribution in [0.15, 0.2) is 60.7 Å². The van der Waals surface area contributed by atoms with E-state index in [1.165, 1.54) is 37.1 Å². The third-order valence-corrected chi connectivity index (χ3v) is 16.5. The van der Waals surface area contributed by atoms with Gasteiger partial charge in [-0.2, -0.15) is 0 Å². The van der Waals surface area contributed by atoms with Gasteiger partial charge < -0.3 is 39.5 Å². The van der Waals surface area contributed by atoms with Gasteiger partial charge in [-0.3, -0.25) is 29.0 Å². The Balaban J connectivity index is 0.000000188. The quantitative estimate of drug-likeness (QED) is 0.231. The molecule has 0 bridgehead atoms. The maximum Gasteiger partial charge on any atom is 0.223 e. The van der Waals surface area contributed by atoms with Crippen LogP contribution in [0.4, 0.5) is 0 Å². The number of likely N-dealkylation sites (tertiary alicyclic amines) is 2. The van der Waals surface area contributed by atoms with E-state index in [2.05, 4.69) is 90.9 Å². The van der Waals surface area contributed by atoms with Crippen LogP contribution >= 0.6 is 0 Å². The van der Waals surface area contributed by atoms with Crippen LogP contribution in [-0.4, -0.2) is 182 Å². The molecule has 2 aromatic carbocycles. The molecule has 2 N–H and O–H groups in total. The van der Waals surface area contributed by atoms with E-state index in [-0.39, 0.29) is 59.6 Å². The van der Waals surface area contributed by atoms with Gasteiger partial charge in [-0.15, -0.1) is 0 Å². The summed E-state index contributed by atoms with van der Waals surface area (Å²) in [7, 11) is 0. The third-order valence-electron chi connectivity index (χ3n) is 16.5. The number of benzene rings is 2. The first-order valence-corrected chi connectivity index (χ1v) is 27.0. The molecule has 2 saturated carbocycles. The van der Waals surface area contributed by atoms with Crippen molar-refractivity contribution in [3.05, 3.63) is 71.8 Å². The Bertz CT molecular complexity index is 1880. The van der Waals surface area contributed by atoms with E-state index in [0.717, 1.165) is 143 Å². The molecule has 0 aromatic heterocycles. The maximum absolute atomic E-state index is 13.0. The van der Waals surface area contributed by atoms with Gasteiger partial charge in [-0.05, 0) is 114 Å². The number of nitrogens with zero attached hydrogens (tertiary/aromatic N) is 5. The van der Waals surface area contributed by atoms with Crippen molar-refractivity contribution in [2.75, 3.05) is 105 Å². The lowest BCUT2D eigenvalue weighted by atomic mass is 9.74. The number of carbonyl (C=O) groups is 4. The summed E-state index contributed by atoms with van der Waals surface area (Å²) < 4.78 is 16.6. The fraction of sp³-hybridized carbons (Fsp3) is 0.709. The zero-order valence-electron chi connectivity index (χ0n) is 41.6. The van der Waals surface area contributed by atoms with Crippen LogP contribution in [0.25, 0.3) is 0 Å². The highest BCUT2D eigenvalue weighted by atomic mass is 16.5. The monoisotopic (exact) mass is 954 g/mol. The molecule has 5 saturated heterocycles. The average molecular weight is 954 g/mol. The molecular formula is C55H83N7O7. The molecule has 0 spiro atoms. The zero-order chi connectivity index (χ0) is 47.7. The van der Waals surface area contributed by atoms with Crippen molar-refractivity contribution in [2.24, 2.45) is 0 Å². The number of nitrogens with one attached hydrogen (secondary N) is 2. The molecule has 380 valence electrons. The van der Waals surface area contributed by atoms with Gasteiger partial charge in [0.15, 0.2) is 0 Å². The lowest BCUT2D eigenvalue weighted by Gasteiger charge is -2.50. The van der Waals surface area contributed by atoms with Gasteiger partial charge >= 0.3 is 0 Å². The molecule has 7 aliphatic rings. The number of rotatable bonds is 16. The maximum atomic E-state index is 13.0. The minimum atomic E-state index is -0.00135. The molecule has 1 unspecified atom stereocenters. The topological polar surface area (TPSA) is 136 Å². The Kier molecular flexibility index (Phi) is 19.4. The first-order chi connectivity index (χ1) is 33.8. The molecule has 14 heteroatoms. The third kappa shape index (κ3) is 14.8. The summed E-state index contributed by atoms with van der Waals surface area (Å²) in [6, 6.07) is 22.3. The van der Waals surface area contributed by atoms with E-state index < -0.39 is 0 Å². The smallest absolute Gasteiger partial charge is 0.223 e. The second kappa shape index (κ2) is 26.0. The molecule has 1 atom stereocenters. The SMILES string of the molecule is O=C(CCC(=O)N1CCCC1CN1CCCC1)NC1CCC(Cc2ccccc2)(N2CCOCC2)CC1.O=C(CCC(=O)N1CCOCC1)NC1CCC(Cc2ccccc2)(N2CCOCC2)CC1. The molecular weight excluding hydrogens is 871 g/mol. The highest BCUT2D eigenvalue weighted by Gasteiger charge is 2.43. The summed E-state index contributed by atoms with van der Waals surface area (Å²) in [4.78, 5) is 62.3. The highest BCUT2D eigenvalue weighted by molar-refractivity contribution is 5.84. The van der Waals surface area contributed by atoms with E-state index in [0.29, 0.717) is 45.2 Å². The van der Waals surface area contributed by atoms with Crippen molar-refractivity contribution in [3.63, 3.8) is 0 Å². The predicted molar refractivity (Wildman–Crippen MR) is 268 cm³/mol. The van der Waals surface area contributed by atoms with E-state index in [1.807, 2.05) is 0 Å². The van der Waals surface area contributed by atoms with Crippen molar-refractivity contribution < 1.29 is 33.4 Å². The minimum Gasteiger partial charge on any atom is -0.379 e. The van der Waals surface area contributed by atoms with Gasteiger partial charge in [0.25, 0.3) is 0 Å². The molecule has 2 aromatic rings. The fourth-order valence-electron chi connectivity index (χ4n) is 12.6. The number of morpholine rings is 3. The second-order valence-corrected chi connectivity index (χ2v) is 21.0. The molecule has 14 nitrogen and oxygen atoms in total. The summed E-state index contributed by atoms with van der Waals surface area (Å²) in [6.45, 7) is 13.8. The normalized spacial score (nSPS) is 28.4. The number of amides is 4. The zero-order valence-corrected chi connectivity index (χ0v) is 41.6. The summed E-state index contributed by atoms with van der Waals surface area (Å²) in [5.74, 6) is 0.255. The molecule has 5 heterocycles. The van der Waals surface area contributed by atoms with Crippen LogP contribution in [0.2, 0.25) is 0 Å². The molecule has 9 rings (SSSR count). The van der Waals surface area contributed by atoms with Crippen LogP contribution in [0.1, 0.15) is 114 Å². The lowest BCUT2D eigenvalue weighted by molar-refractivity contribution is -0.137. The predicted octanol–water partition coefficient (Wildman–Crippen LogP) is 5.22. The van der Waals surface area contributed by atoms with Crippen molar-refractivity contribution >= 4 is 23.6 Å². The number of ether oxygens (including phenoxy) is 3. The Morgan fingerprint density at radius 3 is 1.39 bits per heavy atom. The van der Waals surface area contributed by atoms with Gasteiger partial charge in [0.05, 0.1) is 39.6 Å². The van der Waals surface area contributed by atoms with Crippen LogP contribution in [0, 0.1) is 0 Å². The van der Waals surface area contributed by atoms with Crippen LogP contribution in [0.5, 0.6) is 0 Å². The molecule has 69 heavy (non-hydrogen) atoms. The van der Waals surface area contributed by atoms with Gasteiger partial charge in [0.1, 0.15) is 0 Å². The average Bonchev–Trinajstić information content (AvgIpc) is 4.11. The van der Waals surface area contributed by atoms with Crippen LogP contribution in [0.3, 0.4) is 0 Å². The molecule has 5 aliphatic heterocycles. The van der Waals surface area contributed by atoms with Crippen molar-refractivity contribution in [1.29, 1.82) is 0 Å². The molecule has 7 fully saturated rings. The Morgan fingerprint density at radius 1 is 0.493 bits per heavy atom. The van der Waals surface area contributed by atoms with Crippen molar-refractivity contribution in [1.82, 2.24) is 35.1 Å². The molecule has 0 radical (unpaired) electrons. The Hall–Kier alpha value is -3.92. The van der Waals surface area contributed by atoms with Crippen LogP contribution < -0.4 is 10.6 Å². The van der Waals surface area contributed by atoms with Crippen molar-refractivity contribution in [2.45, 2.75) is 145 Å². The van der Waals surface area contributed by atoms with Crippen LogP contribution in [-0.2, 0) is 46.2 Å². The second-order valence-electron chi connectivity index (χ2n) is 21.0. The standard InChI is InChI=1S/C30H46N4O3.C25H37N3O4/c35-28(10-11-29(36)34-18-6-9-27(34)24-32-16-4-5-17-32)31-26-12-14-30(15-13-26,33-19-21-37-22-20-33)23-25-7-2-1-3-8-25;29-23(6-7-24(30)27-12-16-31-17-13-27)26-22-8-10-25(11-9-22,28-14-18-32-19-15-28)20-21-4-2-1-3-5-21/h1-3,7-8,26-27H,4-6,9-24H2,(H,31,35);1-5,22H,6-20H2,(H,26,29). The first-order valence-electron chi connectivity index (χ1n) is 27.0. The van der Waals surface area contributed by atoms with Gasteiger partial charge in [0.2, 0.25) is 23.6 Å². The summed E-state index contributed by atoms with van der Waals surface area (Å²) in [5, 5.41) is 6.48. The van der Waals surface area contributed by atoms with E-state index in [4.69, 9.17) is 14.2 Å².